The topological polar surface area (TPSA) is 143 Å². The minimum atomic E-state index is -6.03. The van der Waals surface area contributed by atoms with E-state index in [0.29, 0.717) is 0 Å². The first kappa shape index (κ1) is 31.1. The van der Waals surface area contributed by atoms with Gasteiger partial charge in [-0.25, -0.2) is 0 Å². The Kier molecular flexibility index (Phi) is 17.1. The molecule has 0 aromatic rings. The molecule has 0 saturated carbocycles. The summed E-state index contributed by atoms with van der Waals surface area (Å²) in [7, 11) is -6.03. The molecule has 0 atom stereocenters. The number of rotatable bonds is 0. The second-order valence-corrected chi connectivity index (χ2v) is 7.00. The van der Waals surface area contributed by atoms with Crippen LogP contribution in [-0.4, -0.2) is 0 Å². The second-order valence-electron chi connectivity index (χ2n) is 1.70. The van der Waals surface area contributed by atoms with E-state index in [1.165, 1.54) is 0 Å². The zero-order chi connectivity index (χ0) is 10.7. The Labute approximate surface area is 186 Å². The van der Waals surface area contributed by atoms with E-state index in [1.807, 2.05) is 0 Å². The predicted molar refractivity (Wildman–Crippen MR) is 33.7 cm³/mol. The molecular formula is C6CoN6Na4. The minimum absolute atomic E-state index is 0. The van der Waals surface area contributed by atoms with Gasteiger partial charge in [-0.15, -0.1) is 0 Å². The van der Waals surface area contributed by atoms with Gasteiger partial charge in [0.25, 0.3) is 0 Å². The van der Waals surface area contributed by atoms with Crippen LogP contribution in [0.15, 0.2) is 0 Å². The Bertz CT molecular complexity index is 400. The van der Waals surface area contributed by atoms with Gasteiger partial charge >= 0.3 is 190 Å². The number of hydrogen-bond acceptors (Lipinski definition) is 6. The van der Waals surface area contributed by atoms with Crippen LogP contribution in [0.3, 0.4) is 0 Å². The van der Waals surface area contributed by atoms with Crippen molar-refractivity contribution in [3.63, 3.8) is 0 Å². The molecule has 0 bridgehead atoms. The molecule has 11 heteroatoms. The van der Waals surface area contributed by atoms with Gasteiger partial charge < -0.3 is 0 Å². The van der Waals surface area contributed by atoms with Gasteiger partial charge in [-0.3, -0.25) is 0 Å². The third kappa shape index (κ3) is 4.21. The molecule has 0 unspecified atom stereocenters. The summed E-state index contributed by atoms with van der Waals surface area (Å²) in [6.07, 6.45) is 0. The van der Waals surface area contributed by atoms with Crippen molar-refractivity contribution in [3.05, 3.63) is 0 Å². The monoisotopic (exact) mass is 307 g/mol. The van der Waals surface area contributed by atoms with Crippen molar-refractivity contribution in [2.45, 2.75) is 0 Å². The van der Waals surface area contributed by atoms with Crippen molar-refractivity contribution in [3.8, 4) is 30.0 Å². The van der Waals surface area contributed by atoms with Crippen molar-refractivity contribution < 1.29 is 129 Å². The zero-order valence-corrected chi connectivity index (χ0v) is 19.1. The molecule has 0 rings (SSSR count). The van der Waals surface area contributed by atoms with Gasteiger partial charge in [0.2, 0.25) is 0 Å². The van der Waals surface area contributed by atoms with E-state index in [0.717, 1.165) is 30.0 Å². The maximum atomic E-state index is 8.58. The number of hydrogen-bond donors (Lipinski definition) is 0. The molecule has 0 aromatic heterocycles. The first-order valence-electron chi connectivity index (χ1n) is 2.34. The van der Waals surface area contributed by atoms with Crippen LogP contribution >= 0.6 is 0 Å². The van der Waals surface area contributed by atoms with Gasteiger partial charge in [0.05, 0.1) is 0 Å². The molecule has 0 radical (unpaired) electrons. The maximum absolute atomic E-state index is 8.58. The van der Waals surface area contributed by atoms with Gasteiger partial charge in [-0.05, 0) is 0 Å². The number of nitrogens with zero attached hydrogens (tertiary/aromatic N) is 6. The Morgan fingerprint density at radius 2 is 0.529 bits per heavy atom. The third-order valence-corrected chi connectivity index (χ3v) is 4.61. The smallest absolute Gasteiger partial charge is 1.00 e. The van der Waals surface area contributed by atoms with E-state index in [1.54, 1.807) is 0 Å². The predicted octanol–water partition coefficient (Wildman–Crippen LogP) is -11.9. The third-order valence-electron chi connectivity index (χ3n) is 1.12. The first-order chi connectivity index (χ1) is 5.97. The molecule has 6 nitrogen and oxygen atoms in total. The summed E-state index contributed by atoms with van der Waals surface area (Å²) >= 11 is 0. The molecule has 0 fully saturated rings. The van der Waals surface area contributed by atoms with Crippen LogP contribution in [0.2, 0.25) is 0 Å². The van der Waals surface area contributed by atoms with Gasteiger partial charge in [-0.1, -0.05) is 0 Å². The average Bonchev–Trinajstić information content (AvgIpc) is 2.26. The van der Waals surface area contributed by atoms with Gasteiger partial charge in [-0.2, -0.15) is 0 Å². The van der Waals surface area contributed by atoms with E-state index in [-0.39, 0.29) is 118 Å². The van der Waals surface area contributed by atoms with Crippen LogP contribution in [0.25, 0.3) is 0 Å². The summed E-state index contributed by atoms with van der Waals surface area (Å²) < 4.78 is 0. The Morgan fingerprint density at radius 1 is 0.412 bits per heavy atom. The van der Waals surface area contributed by atoms with Gasteiger partial charge in [0, 0.05) is 0 Å². The van der Waals surface area contributed by atoms with Crippen molar-refractivity contribution in [1.29, 1.82) is 31.6 Å². The summed E-state index contributed by atoms with van der Waals surface area (Å²) in [5.41, 5.74) is 0. The maximum Gasteiger partial charge on any atom is 1.00 e. The van der Waals surface area contributed by atoms with Crippen LogP contribution in [0, 0.1) is 61.6 Å². The molecule has 0 N–H and O–H groups in total. The number of nitriles is 6. The fourth-order valence-corrected chi connectivity index (χ4v) is 1.03. The van der Waals surface area contributed by atoms with Crippen LogP contribution in [-0.2, 0) is 10.5 Å². The molecule has 0 aliphatic carbocycles. The Hall–Kier alpha value is 1.45. The normalized spacial score (nSPS) is 10.2. The summed E-state index contributed by atoms with van der Waals surface area (Å²) in [6, 6.07) is 0. The molecular weight excluding hydrogens is 307 g/mol. The van der Waals surface area contributed by atoms with E-state index < -0.39 is 10.5 Å². The van der Waals surface area contributed by atoms with Gasteiger partial charge in [0.1, 0.15) is 0 Å². The molecule has 0 aliphatic rings. The van der Waals surface area contributed by atoms with E-state index >= 15 is 0 Å². The van der Waals surface area contributed by atoms with Crippen LogP contribution in [0.4, 0.5) is 0 Å². The zero-order valence-electron chi connectivity index (χ0n) is 10.0. The summed E-state index contributed by atoms with van der Waals surface area (Å²) in [6.45, 7) is 0. The van der Waals surface area contributed by atoms with Crippen LogP contribution in [0.1, 0.15) is 0 Å². The molecule has 0 spiro atoms. The molecule has 67 valence electrons. The molecule has 0 heterocycles. The van der Waals surface area contributed by atoms with Crippen molar-refractivity contribution in [2.24, 2.45) is 0 Å². The average molecular weight is 307 g/mol. The first-order valence-corrected chi connectivity index (χ1v) is 5.46. The van der Waals surface area contributed by atoms with E-state index in [9.17, 15) is 0 Å². The molecule has 17 heavy (non-hydrogen) atoms. The Morgan fingerprint density at radius 3 is 0.529 bits per heavy atom. The van der Waals surface area contributed by atoms with Gasteiger partial charge in [0.15, 0.2) is 0 Å². The molecule has 0 aliphatic heterocycles. The quantitative estimate of drug-likeness (QED) is 0.406. The Balaban J connectivity index is -0.000000120. The van der Waals surface area contributed by atoms with Crippen molar-refractivity contribution in [1.82, 2.24) is 0 Å². The minimum Gasteiger partial charge on any atom is 1.00 e. The van der Waals surface area contributed by atoms with E-state index in [4.69, 9.17) is 31.6 Å². The fourth-order valence-electron chi connectivity index (χ4n) is 0.250. The van der Waals surface area contributed by atoms with Crippen molar-refractivity contribution in [2.75, 3.05) is 0 Å². The SMILES string of the molecule is N#[C][Co-4]([C]#N)([C]#N)([C]#N)([C]#N)[C]#N.[Na+].[Na+].[Na+].[Na+]. The summed E-state index contributed by atoms with van der Waals surface area (Å²) in [4.78, 5) is 0. The van der Waals surface area contributed by atoms with E-state index in [2.05, 4.69) is 0 Å². The van der Waals surface area contributed by atoms with Crippen molar-refractivity contribution >= 4 is 0 Å². The summed E-state index contributed by atoms with van der Waals surface area (Å²) in [5.74, 6) is 0. The standard InChI is InChI=1S/6CN.Co.4Na/c6*1-2;;;;;/q;;;;;;-4;4*+1. The summed E-state index contributed by atoms with van der Waals surface area (Å²) in [5, 5.41) is 57.6. The fraction of sp³-hybridized carbons (Fsp3) is 0. The van der Waals surface area contributed by atoms with Crippen LogP contribution in [0.5, 0.6) is 0 Å². The van der Waals surface area contributed by atoms with Crippen LogP contribution < -0.4 is 118 Å². The second kappa shape index (κ2) is 9.37. The molecule has 0 aromatic carbocycles. The largest absolute Gasteiger partial charge is 1.00 e. The molecule has 0 saturated heterocycles. The molecule has 0 amide bonds.